The molecule has 9 heteroatoms. The highest BCUT2D eigenvalue weighted by Gasteiger charge is 2.18. The van der Waals surface area contributed by atoms with E-state index in [0.29, 0.717) is 22.4 Å². The number of carbonyl (C=O) groups is 1. The van der Waals surface area contributed by atoms with Gasteiger partial charge in [0, 0.05) is 28.3 Å². The molecule has 8 nitrogen and oxygen atoms in total. The van der Waals surface area contributed by atoms with Crippen molar-refractivity contribution in [3.8, 4) is 11.3 Å². The predicted molar refractivity (Wildman–Crippen MR) is 143 cm³/mol. The summed E-state index contributed by atoms with van der Waals surface area (Å²) in [6.45, 7) is 5.11. The molecule has 190 valence electrons. The number of para-hydroxylation sites is 1. The maximum Gasteiger partial charge on any atom is 0.337 e. The Morgan fingerprint density at radius 1 is 1.14 bits per heavy atom. The van der Waals surface area contributed by atoms with Gasteiger partial charge in [-0.25, -0.2) is 9.18 Å². The van der Waals surface area contributed by atoms with Gasteiger partial charge in [0.05, 0.1) is 28.7 Å². The summed E-state index contributed by atoms with van der Waals surface area (Å²) in [6.07, 6.45) is 0.568. The molecular weight excluding hydrogens is 475 g/mol. The third-order valence-electron chi connectivity index (χ3n) is 5.72. The smallest absolute Gasteiger partial charge is 0.337 e. The van der Waals surface area contributed by atoms with Gasteiger partial charge in [0.15, 0.2) is 5.43 Å². The molecule has 3 aromatic carbocycles. The first-order valence-corrected chi connectivity index (χ1v) is 11.6. The molecular formula is C28H27FN4O4. The number of H-pyrrole nitrogens is 1. The van der Waals surface area contributed by atoms with Crippen molar-refractivity contribution < 1.29 is 18.7 Å². The van der Waals surface area contributed by atoms with Crippen LogP contribution in [-0.4, -0.2) is 27.6 Å². The normalized spacial score (nSPS) is 12.6. The van der Waals surface area contributed by atoms with E-state index >= 15 is 0 Å². The minimum absolute atomic E-state index is 0.140. The lowest BCUT2D eigenvalue weighted by Gasteiger charge is -2.19. The van der Waals surface area contributed by atoms with E-state index in [-0.39, 0.29) is 17.0 Å². The molecule has 5 N–H and O–H groups in total. The molecule has 0 aliphatic heterocycles. The molecule has 2 unspecified atom stereocenters. The summed E-state index contributed by atoms with van der Waals surface area (Å²) in [6, 6.07) is 17.4. The highest BCUT2D eigenvalue weighted by molar-refractivity contribution is 5.94. The number of alkyl halides is 1. The number of nitrogens with zero attached hydrogens (tertiary/aromatic N) is 1. The van der Waals surface area contributed by atoms with Crippen LogP contribution in [0.3, 0.4) is 0 Å². The van der Waals surface area contributed by atoms with Crippen molar-refractivity contribution in [3.63, 3.8) is 0 Å². The van der Waals surface area contributed by atoms with E-state index in [2.05, 4.69) is 21.2 Å². The average molecular weight is 503 g/mol. The number of rotatable bonds is 5. The standard InChI is InChI=1S/C26H21N3O4.C2H6FN/c1-14-9-19(15(2)28-21-6-4-3-5-18(21)26(31)32)25-20(10-14)23(30)12-24(33-25)16-7-8-17-13-27-29-22(17)11-16;1-2(3)4/h3-13,15,28H,1-2H3,(H,27,29)(H,31,32);2H,4H2,1H3. The summed E-state index contributed by atoms with van der Waals surface area (Å²) >= 11 is 0. The van der Waals surface area contributed by atoms with Crippen LogP contribution in [0.4, 0.5) is 10.1 Å². The largest absolute Gasteiger partial charge is 0.478 e. The first-order chi connectivity index (χ1) is 17.6. The Hall–Kier alpha value is -4.50. The maximum atomic E-state index is 13.0. The maximum absolute atomic E-state index is 13.0. The lowest BCUT2D eigenvalue weighted by molar-refractivity contribution is 0.0698. The van der Waals surface area contributed by atoms with Crippen LogP contribution in [-0.2, 0) is 0 Å². The molecule has 0 aliphatic carbocycles. The van der Waals surface area contributed by atoms with Crippen LogP contribution < -0.4 is 16.5 Å². The molecule has 0 fully saturated rings. The minimum Gasteiger partial charge on any atom is -0.478 e. The second kappa shape index (κ2) is 10.6. The lowest BCUT2D eigenvalue weighted by Crippen LogP contribution is -2.12. The molecule has 0 saturated carbocycles. The summed E-state index contributed by atoms with van der Waals surface area (Å²) in [5.74, 6) is -0.561. The van der Waals surface area contributed by atoms with Gasteiger partial charge in [0.1, 0.15) is 17.6 Å². The Morgan fingerprint density at radius 3 is 2.59 bits per heavy atom. The molecule has 0 saturated heterocycles. The molecule has 37 heavy (non-hydrogen) atoms. The highest BCUT2D eigenvalue weighted by Crippen LogP contribution is 2.32. The number of halogens is 1. The van der Waals surface area contributed by atoms with Crippen LogP contribution in [0.1, 0.15) is 41.4 Å². The molecule has 0 amide bonds. The number of aromatic amines is 1. The zero-order valence-electron chi connectivity index (χ0n) is 20.6. The fourth-order valence-corrected chi connectivity index (χ4v) is 4.10. The van der Waals surface area contributed by atoms with E-state index in [0.717, 1.165) is 27.6 Å². The number of hydrogen-bond acceptors (Lipinski definition) is 6. The van der Waals surface area contributed by atoms with Crippen molar-refractivity contribution in [2.45, 2.75) is 33.1 Å². The Morgan fingerprint density at radius 2 is 1.86 bits per heavy atom. The number of benzene rings is 3. The minimum atomic E-state index is -1.17. The second-order valence-electron chi connectivity index (χ2n) is 8.77. The lowest BCUT2D eigenvalue weighted by atomic mass is 10.00. The van der Waals surface area contributed by atoms with Gasteiger partial charge in [-0.05, 0) is 50.6 Å². The number of fused-ring (bicyclic) bond motifs is 2. The molecule has 0 radical (unpaired) electrons. The van der Waals surface area contributed by atoms with Gasteiger partial charge in [-0.1, -0.05) is 30.3 Å². The topological polar surface area (TPSA) is 134 Å². The monoisotopic (exact) mass is 502 g/mol. The van der Waals surface area contributed by atoms with Crippen molar-refractivity contribution in [2.24, 2.45) is 5.73 Å². The molecule has 5 aromatic rings. The fraction of sp³-hybridized carbons (Fsp3) is 0.179. The number of aryl methyl sites for hydroxylation is 1. The van der Waals surface area contributed by atoms with Crippen LogP contribution in [0.25, 0.3) is 33.2 Å². The first-order valence-electron chi connectivity index (χ1n) is 11.6. The van der Waals surface area contributed by atoms with Crippen molar-refractivity contribution >= 4 is 33.5 Å². The van der Waals surface area contributed by atoms with E-state index in [1.165, 1.54) is 13.0 Å². The van der Waals surface area contributed by atoms with Gasteiger partial charge >= 0.3 is 5.97 Å². The van der Waals surface area contributed by atoms with Gasteiger partial charge in [-0.2, -0.15) is 5.10 Å². The predicted octanol–water partition coefficient (Wildman–Crippen LogP) is 5.78. The number of anilines is 1. The van der Waals surface area contributed by atoms with E-state index in [1.807, 2.05) is 44.2 Å². The van der Waals surface area contributed by atoms with Crippen LogP contribution in [0.15, 0.2) is 76.1 Å². The second-order valence-corrected chi connectivity index (χ2v) is 8.77. The van der Waals surface area contributed by atoms with Crippen LogP contribution in [0, 0.1) is 6.92 Å². The summed E-state index contributed by atoms with van der Waals surface area (Å²) < 4.78 is 17.1. The van der Waals surface area contributed by atoms with Gasteiger partial charge in [0.25, 0.3) is 0 Å². The number of aromatic nitrogens is 2. The Kier molecular flexibility index (Phi) is 7.35. The molecule has 0 spiro atoms. The Labute approximate surface area is 211 Å². The summed E-state index contributed by atoms with van der Waals surface area (Å²) in [5, 5.41) is 21.2. The molecule has 0 bridgehead atoms. The SMILES string of the molecule is CC(N)F.Cc1cc(C(C)Nc2ccccc2C(=O)O)c2oc(-c3ccc4cn[nH]c4c3)cc(=O)c2c1. The summed E-state index contributed by atoms with van der Waals surface area (Å²) in [4.78, 5) is 24.7. The van der Waals surface area contributed by atoms with Crippen molar-refractivity contribution in [3.05, 3.63) is 93.8 Å². The number of hydrogen-bond donors (Lipinski definition) is 4. The zero-order valence-corrected chi connectivity index (χ0v) is 20.6. The van der Waals surface area contributed by atoms with Crippen molar-refractivity contribution in [1.29, 1.82) is 0 Å². The molecule has 5 rings (SSSR count). The van der Waals surface area contributed by atoms with Crippen molar-refractivity contribution in [2.75, 3.05) is 5.32 Å². The highest BCUT2D eigenvalue weighted by atomic mass is 19.1. The van der Waals surface area contributed by atoms with E-state index in [4.69, 9.17) is 4.42 Å². The number of aromatic carboxylic acids is 1. The van der Waals surface area contributed by atoms with E-state index in [9.17, 15) is 19.1 Å². The zero-order chi connectivity index (χ0) is 26.7. The van der Waals surface area contributed by atoms with Crippen LogP contribution in [0.2, 0.25) is 0 Å². The summed E-state index contributed by atoms with van der Waals surface area (Å²) in [5.41, 5.74) is 8.74. The summed E-state index contributed by atoms with van der Waals surface area (Å²) in [7, 11) is 0. The van der Waals surface area contributed by atoms with Gasteiger partial charge < -0.3 is 20.6 Å². The molecule has 2 atom stereocenters. The quantitative estimate of drug-likeness (QED) is 0.224. The number of carboxylic acids is 1. The van der Waals surface area contributed by atoms with E-state index < -0.39 is 12.3 Å². The molecule has 2 heterocycles. The molecule has 0 aliphatic rings. The van der Waals surface area contributed by atoms with Crippen LogP contribution >= 0.6 is 0 Å². The third-order valence-corrected chi connectivity index (χ3v) is 5.72. The van der Waals surface area contributed by atoms with Crippen LogP contribution in [0.5, 0.6) is 0 Å². The fourth-order valence-electron chi connectivity index (χ4n) is 4.10. The molecule has 2 aromatic heterocycles. The first kappa shape index (κ1) is 25.6. The number of nitrogens with one attached hydrogen (secondary N) is 2. The Bertz CT molecular complexity index is 1640. The van der Waals surface area contributed by atoms with Gasteiger partial charge in [-0.3, -0.25) is 9.89 Å². The van der Waals surface area contributed by atoms with Gasteiger partial charge in [-0.15, -0.1) is 0 Å². The number of nitrogens with two attached hydrogens (primary N) is 1. The van der Waals surface area contributed by atoms with E-state index in [1.54, 1.807) is 30.5 Å². The number of carboxylic acid groups (broad SMARTS) is 1. The van der Waals surface area contributed by atoms with Crippen molar-refractivity contribution in [1.82, 2.24) is 10.2 Å². The third kappa shape index (κ3) is 5.68. The van der Waals surface area contributed by atoms with Gasteiger partial charge in [0.2, 0.25) is 0 Å². The Balaban J connectivity index is 0.000000747. The average Bonchev–Trinajstić information content (AvgIpc) is 3.32.